The fourth-order valence-corrected chi connectivity index (χ4v) is 4.13. The van der Waals surface area contributed by atoms with Crippen molar-refractivity contribution < 1.29 is 13.9 Å². The van der Waals surface area contributed by atoms with E-state index >= 15 is 0 Å². The SMILES string of the molecule is Cc1c(-c2ccccc2)oc2c(C(=O)Nc3ccc(N4CCOCC4)cc3)cccc2c1=O. The van der Waals surface area contributed by atoms with Crippen LogP contribution in [0.4, 0.5) is 11.4 Å². The lowest BCUT2D eigenvalue weighted by Crippen LogP contribution is -2.36. The van der Waals surface area contributed by atoms with Crippen molar-refractivity contribution in [2.45, 2.75) is 6.92 Å². The number of rotatable bonds is 4. The molecule has 1 saturated heterocycles. The van der Waals surface area contributed by atoms with Crippen molar-refractivity contribution in [1.82, 2.24) is 0 Å². The van der Waals surface area contributed by atoms with E-state index in [9.17, 15) is 9.59 Å². The Morgan fingerprint density at radius 1 is 0.909 bits per heavy atom. The number of hydrogen-bond acceptors (Lipinski definition) is 5. The van der Waals surface area contributed by atoms with E-state index in [2.05, 4.69) is 10.2 Å². The van der Waals surface area contributed by atoms with Crippen LogP contribution in [0.25, 0.3) is 22.3 Å². The Morgan fingerprint density at radius 2 is 1.64 bits per heavy atom. The van der Waals surface area contributed by atoms with Crippen LogP contribution in [0.2, 0.25) is 0 Å². The summed E-state index contributed by atoms with van der Waals surface area (Å²) in [6.07, 6.45) is 0. The number of carbonyl (C=O) groups is 1. The molecule has 3 aromatic carbocycles. The van der Waals surface area contributed by atoms with Crippen LogP contribution in [-0.4, -0.2) is 32.2 Å². The summed E-state index contributed by atoms with van der Waals surface area (Å²) < 4.78 is 11.6. The van der Waals surface area contributed by atoms with Crippen LogP contribution >= 0.6 is 0 Å². The minimum Gasteiger partial charge on any atom is -0.455 e. The predicted octanol–water partition coefficient (Wildman–Crippen LogP) is 4.86. The molecule has 1 amide bonds. The van der Waals surface area contributed by atoms with Gasteiger partial charge < -0.3 is 19.4 Å². The van der Waals surface area contributed by atoms with Crippen molar-refractivity contribution in [3.05, 3.63) is 94.1 Å². The molecule has 1 aromatic heterocycles. The molecule has 1 aliphatic heterocycles. The van der Waals surface area contributed by atoms with Gasteiger partial charge in [0.25, 0.3) is 5.91 Å². The lowest BCUT2D eigenvalue weighted by atomic mass is 10.0. The first kappa shape index (κ1) is 21.0. The third-order valence-electron chi connectivity index (χ3n) is 5.93. The maximum absolute atomic E-state index is 13.2. The first-order valence-electron chi connectivity index (χ1n) is 11.0. The Kier molecular flexibility index (Phi) is 5.67. The number of morpholine rings is 1. The van der Waals surface area contributed by atoms with Crippen LogP contribution in [0.15, 0.2) is 82.0 Å². The van der Waals surface area contributed by atoms with Crippen LogP contribution in [0.5, 0.6) is 0 Å². The van der Waals surface area contributed by atoms with E-state index in [1.54, 1.807) is 25.1 Å². The van der Waals surface area contributed by atoms with Crippen molar-refractivity contribution >= 4 is 28.3 Å². The molecule has 33 heavy (non-hydrogen) atoms. The van der Waals surface area contributed by atoms with Gasteiger partial charge in [-0.2, -0.15) is 0 Å². The van der Waals surface area contributed by atoms with E-state index in [1.165, 1.54) is 0 Å². The molecule has 6 heteroatoms. The van der Waals surface area contributed by atoms with Gasteiger partial charge in [0.1, 0.15) is 5.76 Å². The number of ether oxygens (including phenoxy) is 1. The third kappa shape index (κ3) is 4.13. The van der Waals surface area contributed by atoms with Crippen molar-refractivity contribution in [3.63, 3.8) is 0 Å². The molecule has 0 bridgehead atoms. The van der Waals surface area contributed by atoms with Crippen LogP contribution in [0.3, 0.4) is 0 Å². The second kappa shape index (κ2) is 8.92. The zero-order valence-electron chi connectivity index (χ0n) is 18.3. The first-order chi connectivity index (χ1) is 16.1. The van der Waals surface area contributed by atoms with Gasteiger partial charge in [-0.3, -0.25) is 9.59 Å². The highest BCUT2D eigenvalue weighted by Gasteiger charge is 2.19. The molecule has 0 unspecified atom stereocenters. The average Bonchev–Trinajstić information content (AvgIpc) is 2.87. The quantitative estimate of drug-likeness (QED) is 0.491. The highest BCUT2D eigenvalue weighted by atomic mass is 16.5. The predicted molar refractivity (Wildman–Crippen MR) is 130 cm³/mol. The number of amides is 1. The van der Waals surface area contributed by atoms with Crippen LogP contribution in [0.1, 0.15) is 15.9 Å². The van der Waals surface area contributed by atoms with Gasteiger partial charge in [0.15, 0.2) is 11.0 Å². The molecule has 0 aliphatic carbocycles. The van der Waals surface area contributed by atoms with E-state index in [1.807, 2.05) is 54.6 Å². The Hall–Kier alpha value is -3.90. The highest BCUT2D eigenvalue weighted by molar-refractivity contribution is 6.11. The number of anilines is 2. The number of carbonyl (C=O) groups excluding carboxylic acids is 1. The maximum atomic E-state index is 13.2. The van der Waals surface area contributed by atoms with Gasteiger partial charge in [-0.15, -0.1) is 0 Å². The summed E-state index contributed by atoms with van der Waals surface area (Å²) in [5.74, 6) is 0.147. The van der Waals surface area contributed by atoms with Gasteiger partial charge in [-0.05, 0) is 43.3 Å². The summed E-state index contributed by atoms with van der Waals surface area (Å²) >= 11 is 0. The van der Waals surface area contributed by atoms with Gasteiger partial charge in [0.05, 0.1) is 24.2 Å². The van der Waals surface area contributed by atoms with E-state index < -0.39 is 0 Å². The number of para-hydroxylation sites is 1. The number of fused-ring (bicyclic) bond motifs is 1. The van der Waals surface area contributed by atoms with Gasteiger partial charge in [-0.25, -0.2) is 0 Å². The molecule has 0 atom stereocenters. The van der Waals surface area contributed by atoms with Crippen LogP contribution in [-0.2, 0) is 4.74 Å². The number of nitrogens with one attached hydrogen (secondary N) is 1. The third-order valence-corrected chi connectivity index (χ3v) is 5.93. The largest absolute Gasteiger partial charge is 0.455 e. The molecule has 0 saturated carbocycles. The Labute approximate surface area is 191 Å². The van der Waals surface area contributed by atoms with Crippen LogP contribution in [0, 0.1) is 6.92 Å². The minimum atomic E-state index is -0.328. The fraction of sp³-hybridized carbons (Fsp3) is 0.185. The normalized spacial score (nSPS) is 13.8. The van der Waals surface area contributed by atoms with Gasteiger partial charge in [0.2, 0.25) is 0 Å². The summed E-state index contributed by atoms with van der Waals surface area (Å²) in [7, 11) is 0. The Bertz CT molecular complexity index is 1360. The Morgan fingerprint density at radius 3 is 2.36 bits per heavy atom. The molecule has 0 spiro atoms. The Balaban J connectivity index is 1.47. The van der Waals surface area contributed by atoms with E-state index in [4.69, 9.17) is 9.15 Å². The summed E-state index contributed by atoms with van der Waals surface area (Å²) in [6, 6.07) is 22.2. The zero-order chi connectivity index (χ0) is 22.8. The zero-order valence-corrected chi connectivity index (χ0v) is 18.3. The molecule has 1 fully saturated rings. The summed E-state index contributed by atoms with van der Waals surface area (Å²) in [4.78, 5) is 28.4. The first-order valence-corrected chi connectivity index (χ1v) is 11.0. The summed E-state index contributed by atoms with van der Waals surface area (Å²) in [5, 5.41) is 3.32. The second-order valence-corrected chi connectivity index (χ2v) is 8.03. The molecule has 0 radical (unpaired) electrons. The number of hydrogen-bond donors (Lipinski definition) is 1. The number of nitrogens with zero attached hydrogens (tertiary/aromatic N) is 1. The van der Waals surface area contributed by atoms with E-state index in [0.717, 1.165) is 37.6 Å². The average molecular weight is 440 g/mol. The maximum Gasteiger partial charge on any atom is 0.259 e. The summed E-state index contributed by atoms with van der Waals surface area (Å²) in [6.45, 7) is 4.88. The molecule has 6 nitrogen and oxygen atoms in total. The summed E-state index contributed by atoms with van der Waals surface area (Å²) in [5.41, 5.74) is 3.54. The van der Waals surface area contributed by atoms with Crippen molar-refractivity contribution in [1.29, 1.82) is 0 Å². The lowest BCUT2D eigenvalue weighted by molar-refractivity contribution is 0.102. The lowest BCUT2D eigenvalue weighted by Gasteiger charge is -2.28. The fourth-order valence-electron chi connectivity index (χ4n) is 4.13. The topological polar surface area (TPSA) is 71.8 Å². The van der Waals surface area contributed by atoms with Crippen molar-refractivity contribution in [3.8, 4) is 11.3 Å². The molecular formula is C27H24N2O4. The highest BCUT2D eigenvalue weighted by Crippen LogP contribution is 2.28. The van der Waals surface area contributed by atoms with Crippen LogP contribution < -0.4 is 15.6 Å². The van der Waals surface area contributed by atoms with Crippen molar-refractivity contribution in [2.24, 2.45) is 0 Å². The number of benzene rings is 3. The monoisotopic (exact) mass is 440 g/mol. The minimum absolute atomic E-state index is 0.139. The van der Waals surface area contributed by atoms with Crippen molar-refractivity contribution in [2.75, 3.05) is 36.5 Å². The van der Waals surface area contributed by atoms with Gasteiger partial charge in [0, 0.05) is 35.6 Å². The molecule has 166 valence electrons. The molecule has 1 aliphatic rings. The van der Waals surface area contributed by atoms with Gasteiger partial charge in [-0.1, -0.05) is 36.4 Å². The molecule has 2 heterocycles. The van der Waals surface area contributed by atoms with E-state index in [0.29, 0.717) is 28.0 Å². The molecule has 1 N–H and O–H groups in total. The standard InChI is InChI=1S/C27H24N2O4/c1-18-24(30)22-8-5-9-23(26(22)33-25(18)19-6-3-2-4-7-19)27(31)28-20-10-12-21(13-11-20)29-14-16-32-17-15-29/h2-13H,14-17H2,1H3,(H,28,31). The second-order valence-electron chi connectivity index (χ2n) is 8.03. The molecular weight excluding hydrogens is 416 g/mol. The van der Waals surface area contributed by atoms with Gasteiger partial charge >= 0.3 is 0 Å². The van der Waals surface area contributed by atoms with E-state index in [-0.39, 0.29) is 16.9 Å². The molecule has 4 aromatic rings. The smallest absolute Gasteiger partial charge is 0.259 e. The molecule has 5 rings (SSSR count).